The zero-order valence-corrected chi connectivity index (χ0v) is 15.7. The van der Waals surface area contributed by atoms with Gasteiger partial charge in [-0.1, -0.05) is 49.1 Å². The Labute approximate surface area is 156 Å². The Hall–Kier alpha value is -0.690. The van der Waals surface area contributed by atoms with Gasteiger partial charge in [-0.05, 0) is 31.7 Å². The Morgan fingerprint density at radius 2 is 1.64 bits per heavy atom. The van der Waals surface area contributed by atoms with Crippen LogP contribution >= 0.6 is 12.4 Å². The van der Waals surface area contributed by atoms with Crippen molar-refractivity contribution in [2.24, 2.45) is 0 Å². The van der Waals surface area contributed by atoms with Gasteiger partial charge in [0, 0.05) is 0 Å². The van der Waals surface area contributed by atoms with Crippen LogP contribution in [0.15, 0.2) is 24.3 Å². The molecule has 5 N–H and O–H groups in total. The SMILES string of the molecule is Cc1ccc(CCCCCC[C@H](O)[C@@H]2N[C@@H](CO)[C@H](O)[C@H]2O)cc1.Cl. The lowest BCUT2D eigenvalue weighted by molar-refractivity contribution is -0.00443. The molecule has 0 aromatic heterocycles. The minimum atomic E-state index is -1.03. The zero-order valence-electron chi connectivity index (χ0n) is 14.8. The number of rotatable bonds is 9. The maximum atomic E-state index is 10.2. The molecule has 0 saturated carbocycles. The molecule has 1 aliphatic heterocycles. The molecule has 1 aromatic carbocycles. The van der Waals surface area contributed by atoms with E-state index in [-0.39, 0.29) is 19.0 Å². The normalized spacial score (nSPS) is 27.1. The number of benzene rings is 1. The molecule has 25 heavy (non-hydrogen) atoms. The third-order valence-electron chi connectivity index (χ3n) is 4.98. The number of halogens is 1. The summed E-state index contributed by atoms with van der Waals surface area (Å²) in [6, 6.07) is 7.50. The van der Waals surface area contributed by atoms with Crippen LogP contribution < -0.4 is 5.32 Å². The highest BCUT2D eigenvalue weighted by atomic mass is 35.5. The van der Waals surface area contributed by atoms with Crippen molar-refractivity contribution < 1.29 is 20.4 Å². The van der Waals surface area contributed by atoms with E-state index >= 15 is 0 Å². The highest BCUT2D eigenvalue weighted by molar-refractivity contribution is 5.85. The van der Waals surface area contributed by atoms with Crippen molar-refractivity contribution in [1.29, 1.82) is 0 Å². The second-order valence-corrected chi connectivity index (χ2v) is 6.97. The fourth-order valence-electron chi connectivity index (χ4n) is 3.36. The molecule has 0 radical (unpaired) electrons. The highest BCUT2D eigenvalue weighted by Gasteiger charge is 2.43. The summed E-state index contributed by atoms with van der Waals surface area (Å²) >= 11 is 0. The van der Waals surface area contributed by atoms with Crippen LogP contribution in [0.1, 0.15) is 43.2 Å². The molecule has 6 heteroatoms. The first-order valence-corrected chi connectivity index (χ1v) is 8.99. The highest BCUT2D eigenvalue weighted by Crippen LogP contribution is 2.20. The Kier molecular flexibility index (Phi) is 9.94. The monoisotopic (exact) mass is 373 g/mol. The fourth-order valence-corrected chi connectivity index (χ4v) is 3.36. The van der Waals surface area contributed by atoms with Crippen LogP contribution in [0.3, 0.4) is 0 Å². The smallest absolute Gasteiger partial charge is 0.0993 e. The molecule has 2 rings (SSSR count). The molecular formula is C19H32ClNO4. The van der Waals surface area contributed by atoms with Gasteiger partial charge in [0.25, 0.3) is 0 Å². The molecular weight excluding hydrogens is 342 g/mol. The van der Waals surface area contributed by atoms with Crippen LogP contribution in [0.25, 0.3) is 0 Å². The van der Waals surface area contributed by atoms with Crippen LogP contribution in [0.5, 0.6) is 0 Å². The van der Waals surface area contributed by atoms with Crippen LogP contribution in [0.4, 0.5) is 0 Å². The quantitative estimate of drug-likeness (QED) is 0.421. The van der Waals surface area contributed by atoms with E-state index in [1.54, 1.807) is 0 Å². The molecule has 0 bridgehead atoms. The molecule has 144 valence electrons. The summed E-state index contributed by atoms with van der Waals surface area (Å²) in [7, 11) is 0. The summed E-state index contributed by atoms with van der Waals surface area (Å²) in [5, 5.41) is 41.9. The average molecular weight is 374 g/mol. The summed E-state index contributed by atoms with van der Waals surface area (Å²) in [6.45, 7) is 1.84. The van der Waals surface area contributed by atoms with Gasteiger partial charge in [0.05, 0.1) is 37.0 Å². The third-order valence-corrected chi connectivity index (χ3v) is 4.98. The fraction of sp³-hybridized carbons (Fsp3) is 0.684. The largest absolute Gasteiger partial charge is 0.395 e. The lowest BCUT2D eigenvalue weighted by Gasteiger charge is -2.22. The van der Waals surface area contributed by atoms with Crippen LogP contribution in [0, 0.1) is 6.92 Å². The Bertz CT molecular complexity index is 485. The van der Waals surface area contributed by atoms with Crippen molar-refractivity contribution in [2.75, 3.05) is 6.61 Å². The first-order chi connectivity index (χ1) is 11.5. The van der Waals surface area contributed by atoms with Gasteiger partial charge in [0.2, 0.25) is 0 Å². The third kappa shape index (κ3) is 6.51. The number of unbranched alkanes of at least 4 members (excludes halogenated alkanes) is 3. The molecule has 1 aliphatic rings. The van der Waals surface area contributed by atoms with Crippen molar-refractivity contribution in [3.05, 3.63) is 35.4 Å². The van der Waals surface area contributed by atoms with Gasteiger partial charge in [-0.25, -0.2) is 0 Å². The summed E-state index contributed by atoms with van der Waals surface area (Å²) in [4.78, 5) is 0. The molecule has 5 atom stereocenters. The van der Waals surface area contributed by atoms with Crippen molar-refractivity contribution in [3.63, 3.8) is 0 Å². The first kappa shape index (κ1) is 22.4. The summed E-state index contributed by atoms with van der Waals surface area (Å²) in [5.74, 6) is 0. The van der Waals surface area contributed by atoms with Crippen LogP contribution in [-0.4, -0.2) is 57.4 Å². The van der Waals surface area contributed by atoms with E-state index in [4.69, 9.17) is 5.11 Å². The predicted octanol–water partition coefficient (Wildman–Crippen LogP) is 1.33. The van der Waals surface area contributed by atoms with Gasteiger partial charge in [0.15, 0.2) is 0 Å². The number of hydrogen-bond donors (Lipinski definition) is 5. The zero-order chi connectivity index (χ0) is 17.5. The maximum Gasteiger partial charge on any atom is 0.0993 e. The number of hydrogen-bond acceptors (Lipinski definition) is 5. The molecule has 0 unspecified atom stereocenters. The average Bonchev–Trinajstić information content (AvgIpc) is 2.87. The molecule has 0 spiro atoms. The molecule has 5 nitrogen and oxygen atoms in total. The van der Waals surface area contributed by atoms with Crippen LogP contribution in [-0.2, 0) is 6.42 Å². The number of aliphatic hydroxyl groups is 4. The Balaban J connectivity index is 0.00000312. The van der Waals surface area contributed by atoms with E-state index in [2.05, 4.69) is 36.5 Å². The van der Waals surface area contributed by atoms with Gasteiger partial charge in [-0.15, -0.1) is 12.4 Å². The van der Waals surface area contributed by atoms with E-state index in [1.807, 2.05) is 0 Å². The standard InChI is InChI=1S/C19H31NO4.ClH/c1-13-8-10-14(11-9-13)6-4-2-3-5-7-16(22)17-19(24)18(23)15(12-21)20-17;/h8-11,15-24H,2-7,12H2,1H3;1H/t15-,16-,17-,18-,19-;/m0./s1. The van der Waals surface area contributed by atoms with E-state index < -0.39 is 30.4 Å². The minimum absolute atomic E-state index is 0. The number of nitrogens with one attached hydrogen (secondary N) is 1. The van der Waals surface area contributed by atoms with Crippen molar-refractivity contribution in [2.45, 2.75) is 75.8 Å². The predicted molar refractivity (Wildman–Crippen MR) is 101 cm³/mol. The van der Waals surface area contributed by atoms with E-state index in [0.717, 1.165) is 32.1 Å². The minimum Gasteiger partial charge on any atom is -0.395 e. The van der Waals surface area contributed by atoms with Crippen molar-refractivity contribution in [1.82, 2.24) is 5.32 Å². The van der Waals surface area contributed by atoms with E-state index in [1.165, 1.54) is 11.1 Å². The van der Waals surface area contributed by atoms with Gasteiger partial charge in [-0.3, -0.25) is 0 Å². The maximum absolute atomic E-state index is 10.2. The first-order valence-electron chi connectivity index (χ1n) is 8.99. The van der Waals surface area contributed by atoms with Gasteiger partial charge >= 0.3 is 0 Å². The second-order valence-electron chi connectivity index (χ2n) is 6.97. The van der Waals surface area contributed by atoms with E-state index in [9.17, 15) is 15.3 Å². The molecule has 1 heterocycles. The van der Waals surface area contributed by atoms with Gasteiger partial charge in [-0.2, -0.15) is 0 Å². The van der Waals surface area contributed by atoms with Gasteiger partial charge in [0.1, 0.15) is 0 Å². The lowest BCUT2D eigenvalue weighted by Crippen LogP contribution is -2.44. The number of aliphatic hydroxyl groups excluding tert-OH is 4. The summed E-state index contributed by atoms with van der Waals surface area (Å²) in [6.07, 6.45) is 3.08. The Morgan fingerprint density at radius 1 is 1.00 bits per heavy atom. The van der Waals surface area contributed by atoms with Crippen LogP contribution in [0.2, 0.25) is 0 Å². The summed E-state index contributed by atoms with van der Waals surface area (Å²) in [5.41, 5.74) is 2.65. The summed E-state index contributed by atoms with van der Waals surface area (Å²) < 4.78 is 0. The van der Waals surface area contributed by atoms with E-state index in [0.29, 0.717) is 6.42 Å². The molecule has 0 aliphatic carbocycles. The molecule has 1 fully saturated rings. The molecule has 1 aromatic rings. The lowest BCUT2D eigenvalue weighted by atomic mass is 9.98. The number of aryl methyl sites for hydroxylation is 2. The van der Waals surface area contributed by atoms with Crippen molar-refractivity contribution >= 4 is 12.4 Å². The van der Waals surface area contributed by atoms with Crippen molar-refractivity contribution in [3.8, 4) is 0 Å². The molecule has 0 amide bonds. The topological polar surface area (TPSA) is 93.0 Å². The molecule has 1 saturated heterocycles. The Morgan fingerprint density at radius 3 is 2.24 bits per heavy atom. The second kappa shape index (κ2) is 11.1. The van der Waals surface area contributed by atoms with Gasteiger partial charge < -0.3 is 25.7 Å².